The quantitative estimate of drug-likeness (QED) is 0.604. The molecule has 1 aromatic carbocycles. The number of rotatable bonds is 6. The van der Waals surface area contributed by atoms with E-state index in [1.807, 2.05) is 33.8 Å². The first kappa shape index (κ1) is 26.4. The van der Waals surface area contributed by atoms with Crippen LogP contribution in [0.1, 0.15) is 65.0 Å². The minimum absolute atomic E-state index is 0. The first-order valence-corrected chi connectivity index (χ1v) is 8.54. The Morgan fingerprint density at radius 2 is 1.79 bits per heavy atom. The summed E-state index contributed by atoms with van der Waals surface area (Å²) in [4.78, 5) is 11.7. The molecule has 0 saturated heterocycles. The monoisotopic (exact) mass is 359 g/mol. The maximum Gasteiger partial charge on any atom is 1.00 e. The molecule has 132 valence electrons. The van der Waals surface area contributed by atoms with Crippen LogP contribution in [-0.4, -0.2) is 11.0 Å². The maximum absolute atomic E-state index is 11.7. The van der Waals surface area contributed by atoms with E-state index in [1.54, 1.807) is 12.1 Å². The summed E-state index contributed by atoms with van der Waals surface area (Å²) in [7, 11) is 0. The summed E-state index contributed by atoms with van der Waals surface area (Å²) < 4.78 is 0. The SMILES string of the molecule is CCCC(CC(C)C)C(=O)N[C-](C)C.Cc1ccc(O)cc1C.[K+]. The molecule has 1 aromatic rings. The van der Waals surface area contributed by atoms with Gasteiger partial charge in [-0.05, 0) is 55.9 Å². The number of carbonyl (C=O) groups is 1. The Labute approximate surface area is 191 Å². The predicted molar refractivity (Wildman–Crippen MR) is 98.2 cm³/mol. The second-order valence-corrected chi connectivity index (χ2v) is 6.87. The van der Waals surface area contributed by atoms with Crippen molar-refractivity contribution >= 4 is 5.91 Å². The van der Waals surface area contributed by atoms with Gasteiger partial charge in [-0.25, -0.2) is 6.04 Å². The molecule has 0 saturated carbocycles. The van der Waals surface area contributed by atoms with Gasteiger partial charge in [0.25, 0.3) is 0 Å². The Hall–Kier alpha value is 0.126. The zero-order chi connectivity index (χ0) is 18.0. The van der Waals surface area contributed by atoms with Gasteiger partial charge in [0.05, 0.1) is 0 Å². The van der Waals surface area contributed by atoms with E-state index in [2.05, 4.69) is 26.1 Å². The average molecular weight is 360 g/mol. The van der Waals surface area contributed by atoms with E-state index in [1.165, 1.54) is 5.56 Å². The Kier molecular flexibility index (Phi) is 15.7. The fraction of sp³-hybridized carbons (Fsp3) is 0.600. The molecule has 0 spiro atoms. The Morgan fingerprint density at radius 3 is 2.17 bits per heavy atom. The smallest absolute Gasteiger partial charge is 0.508 e. The number of hydrogen-bond donors (Lipinski definition) is 2. The van der Waals surface area contributed by atoms with Crippen LogP contribution < -0.4 is 56.7 Å². The third-order valence-corrected chi connectivity index (χ3v) is 3.63. The number of phenolic OH excluding ortho intramolecular Hbond substituents is 1. The van der Waals surface area contributed by atoms with E-state index in [9.17, 15) is 4.79 Å². The molecule has 3 nitrogen and oxygen atoms in total. The topological polar surface area (TPSA) is 49.3 Å². The molecule has 0 bridgehead atoms. The third-order valence-electron chi connectivity index (χ3n) is 3.63. The average Bonchev–Trinajstić information content (AvgIpc) is 2.42. The van der Waals surface area contributed by atoms with Gasteiger partial charge in [-0.1, -0.05) is 33.3 Å². The second-order valence-electron chi connectivity index (χ2n) is 6.87. The van der Waals surface area contributed by atoms with E-state index in [0.29, 0.717) is 11.7 Å². The zero-order valence-electron chi connectivity index (χ0n) is 16.9. The van der Waals surface area contributed by atoms with E-state index in [0.717, 1.165) is 30.9 Å². The van der Waals surface area contributed by atoms with Crippen molar-refractivity contribution in [2.45, 2.75) is 67.7 Å². The van der Waals surface area contributed by atoms with Gasteiger partial charge in [-0.2, -0.15) is 13.8 Å². The number of amides is 1. The standard InChI is InChI=1S/C12H24NO.C8H10O.K/c1-6-7-11(8-9(2)3)12(14)13-10(4)5;1-6-3-4-8(9)5-7(6)2;/h9,11H,6-8H2,1-5H3,(H,13,14);3-5,9H,1-2H3;/q-1;;+1. The number of phenols is 1. The minimum Gasteiger partial charge on any atom is -0.508 e. The van der Waals surface area contributed by atoms with E-state index in [4.69, 9.17) is 5.11 Å². The normalized spacial score (nSPS) is 11.4. The van der Waals surface area contributed by atoms with Crippen molar-refractivity contribution in [2.75, 3.05) is 0 Å². The summed E-state index contributed by atoms with van der Waals surface area (Å²) in [5, 5.41) is 11.8. The molecule has 0 aliphatic rings. The first-order valence-electron chi connectivity index (χ1n) is 8.54. The number of aryl methyl sites for hydroxylation is 2. The van der Waals surface area contributed by atoms with Crippen molar-refractivity contribution in [3.63, 3.8) is 0 Å². The molecule has 4 heteroatoms. The van der Waals surface area contributed by atoms with Crippen LogP contribution in [0.2, 0.25) is 0 Å². The van der Waals surface area contributed by atoms with Crippen molar-refractivity contribution in [2.24, 2.45) is 11.8 Å². The molecular formula is C20H34KNO2. The van der Waals surface area contributed by atoms with Gasteiger partial charge < -0.3 is 10.4 Å². The summed E-state index contributed by atoms with van der Waals surface area (Å²) in [6, 6.07) is 6.35. The Morgan fingerprint density at radius 1 is 1.21 bits per heavy atom. The number of hydrogen-bond acceptors (Lipinski definition) is 2. The Bertz CT molecular complexity index is 473. The molecule has 1 rings (SSSR count). The van der Waals surface area contributed by atoms with Gasteiger partial charge in [-0.15, -0.1) is 0 Å². The zero-order valence-corrected chi connectivity index (χ0v) is 20.0. The van der Waals surface area contributed by atoms with Gasteiger partial charge in [0.1, 0.15) is 5.75 Å². The van der Waals surface area contributed by atoms with Crippen LogP contribution in [0.3, 0.4) is 0 Å². The van der Waals surface area contributed by atoms with Crippen molar-refractivity contribution in [1.29, 1.82) is 0 Å². The summed E-state index contributed by atoms with van der Waals surface area (Å²) >= 11 is 0. The summed E-state index contributed by atoms with van der Waals surface area (Å²) in [5.41, 5.74) is 2.35. The van der Waals surface area contributed by atoms with Crippen LogP contribution in [0.5, 0.6) is 5.75 Å². The van der Waals surface area contributed by atoms with Crippen LogP contribution >= 0.6 is 0 Å². The largest absolute Gasteiger partial charge is 1.00 e. The van der Waals surface area contributed by atoms with E-state index < -0.39 is 0 Å². The van der Waals surface area contributed by atoms with Crippen molar-refractivity contribution in [3.05, 3.63) is 35.4 Å². The van der Waals surface area contributed by atoms with Crippen molar-refractivity contribution in [3.8, 4) is 5.75 Å². The van der Waals surface area contributed by atoms with E-state index in [-0.39, 0.29) is 63.2 Å². The van der Waals surface area contributed by atoms with Crippen LogP contribution in [0.4, 0.5) is 0 Å². The molecule has 2 N–H and O–H groups in total. The summed E-state index contributed by atoms with van der Waals surface area (Å²) in [5.74, 6) is 1.32. The van der Waals surface area contributed by atoms with Gasteiger partial charge in [0.2, 0.25) is 0 Å². The predicted octanol–water partition coefficient (Wildman–Crippen LogP) is 2.15. The molecule has 0 heterocycles. The molecule has 24 heavy (non-hydrogen) atoms. The molecule has 0 aliphatic heterocycles. The number of aromatic hydroxyl groups is 1. The summed E-state index contributed by atoms with van der Waals surface area (Å²) in [6.07, 6.45) is 3.07. The number of nitrogens with one attached hydrogen (secondary N) is 1. The molecule has 0 radical (unpaired) electrons. The van der Waals surface area contributed by atoms with Crippen molar-refractivity contribution in [1.82, 2.24) is 5.32 Å². The minimum atomic E-state index is 0. The van der Waals surface area contributed by atoms with Gasteiger partial charge in [-0.3, -0.25) is 4.79 Å². The fourth-order valence-corrected chi connectivity index (χ4v) is 2.35. The summed E-state index contributed by atoms with van der Waals surface area (Å²) in [6.45, 7) is 14.3. The van der Waals surface area contributed by atoms with E-state index >= 15 is 0 Å². The van der Waals surface area contributed by atoms with Gasteiger partial charge in [0, 0.05) is 5.92 Å². The maximum atomic E-state index is 11.7. The molecule has 0 aromatic heterocycles. The van der Waals surface area contributed by atoms with Crippen LogP contribution in [0.15, 0.2) is 18.2 Å². The van der Waals surface area contributed by atoms with Gasteiger partial charge >= 0.3 is 51.4 Å². The van der Waals surface area contributed by atoms with Crippen LogP contribution in [0, 0.1) is 31.7 Å². The van der Waals surface area contributed by atoms with Crippen LogP contribution in [-0.2, 0) is 4.79 Å². The molecule has 0 fully saturated rings. The molecule has 1 amide bonds. The first-order chi connectivity index (χ1) is 10.7. The third kappa shape index (κ3) is 12.5. The molecule has 1 atom stereocenters. The number of benzene rings is 1. The Balaban J connectivity index is 0. The molecular weight excluding hydrogens is 325 g/mol. The second kappa shape index (κ2) is 14.3. The van der Waals surface area contributed by atoms with Gasteiger partial charge in [0.15, 0.2) is 5.91 Å². The van der Waals surface area contributed by atoms with Crippen LogP contribution in [0.25, 0.3) is 0 Å². The van der Waals surface area contributed by atoms with Crippen molar-refractivity contribution < 1.29 is 61.3 Å². The number of carbonyl (C=O) groups excluding carboxylic acids is 1. The molecule has 0 aliphatic carbocycles. The molecule has 1 unspecified atom stereocenters. The fourth-order valence-electron chi connectivity index (χ4n) is 2.35.